The Labute approximate surface area is 265 Å². The molecule has 9 nitrogen and oxygen atoms in total. The average molecular weight is 635 g/mol. The lowest BCUT2D eigenvalue weighted by atomic mass is 9.91. The van der Waals surface area contributed by atoms with E-state index in [1.165, 1.54) is 0 Å². The van der Waals surface area contributed by atoms with Gasteiger partial charge in [-0.25, -0.2) is 0 Å². The molecule has 1 heterocycles. The van der Waals surface area contributed by atoms with Crippen LogP contribution in [0.4, 0.5) is 0 Å². The maximum absolute atomic E-state index is 14.0. The highest BCUT2D eigenvalue weighted by molar-refractivity contribution is 7.13. The van der Waals surface area contributed by atoms with Crippen molar-refractivity contribution in [3.8, 4) is 5.75 Å². The molecule has 0 radical (unpaired) electrons. The zero-order chi connectivity index (χ0) is 31.6. The third-order valence-corrected chi connectivity index (χ3v) is 8.64. The van der Waals surface area contributed by atoms with E-state index in [2.05, 4.69) is 10.6 Å². The zero-order valence-electron chi connectivity index (χ0n) is 24.2. The molecular weight excluding hydrogens is 600 g/mol. The largest absolute Gasteiger partial charge is 0.494 e. The minimum Gasteiger partial charge on any atom is -0.494 e. The summed E-state index contributed by atoms with van der Waals surface area (Å²) in [4.78, 5) is 39.7. The van der Waals surface area contributed by atoms with E-state index in [9.17, 15) is 19.5 Å². The second kappa shape index (κ2) is 15.5. The van der Waals surface area contributed by atoms with Crippen molar-refractivity contribution in [2.24, 2.45) is 11.5 Å². The number of benzene rings is 3. The number of amides is 3. The fourth-order valence-electron chi connectivity index (χ4n) is 4.70. The molecule has 0 aliphatic rings. The normalized spacial score (nSPS) is 13.0. The molecule has 11 heteroatoms. The molecule has 0 spiro atoms. The molecule has 4 rings (SSSR count). The highest BCUT2D eigenvalue weighted by Gasteiger charge is 2.34. The van der Waals surface area contributed by atoms with Gasteiger partial charge in [0.25, 0.3) is 5.91 Å². The van der Waals surface area contributed by atoms with Crippen molar-refractivity contribution in [3.05, 3.63) is 122 Å². The molecule has 1 aromatic heterocycles. The van der Waals surface area contributed by atoms with Crippen molar-refractivity contribution in [1.82, 2.24) is 10.6 Å². The third kappa shape index (κ3) is 8.23. The van der Waals surface area contributed by atoms with Gasteiger partial charge >= 0.3 is 0 Å². The number of nitrogens with two attached hydrogens (primary N) is 2. The molecule has 0 aliphatic heterocycles. The van der Waals surface area contributed by atoms with Gasteiger partial charge in [-0.05, 0) is 58.7 Å². The number of carbonyl (C=O) groups excluding carboxylic acids is 3. The monoisotopic (exact) mass is 634 g/mol. The van der Waals surface area contributed by atoms with E-state index in [0.29, 0.717) is 30.0 Å². The predicted octanol–water partition coefficient (Wildman–Crippen LogP) is 4.22. The number of ether oxygens (including phenoxy) is 1. The maximum atomic E-state index is 14.0. The molecule has 0 unspecified atom stereocenters. The van der Waals surface area contributed by atoms with Gasteiger partial charge in [-0.15, -0.1) is 11.3 Å². The Morgan fingerprint density at radius 2 is 1.57 bits per heavy atom. The van der Waals surface area contributed by atoms with E-state index in [4.69, 9.17) is 27.8 Å². The van der Waals surface area contributed by atoms with Crippen LogP contribution in [0.1, 0.15) is 56.4 Å². The Bertz CT molecular complexity index is 1560. The summed E-state index contributed by atoms with van der Waals surface area (Å²) in [6.07, 6.45) is -1.17. The fourth-order valence-corrected chi connectivity index (χ4v) is 6.05. The number of carbonyl (C=O) groups is 3. The van der Waals surface area contributed by atoms with Gasteiger partial charge in [-0.1, -0.05) is 78.3 Å². The molecule has 0 aliphatic carbocycles. The lowest BCUT2D eigenvalue weighted by Gasteiger charge is -2.26. The Hall–Kier alpha value is -4.22. The van der Waals surface area contributed by atoms with E-state index in [1.807, 2.05) is 43.3 Å². The van der Waals surface area contributed by atoms with Gasteiger partial charge in [-0.3, -0.25) is 14.4 Å². The predicted molar refractivity (Wildman–Crippen MR) is 171 cm³/mol. The summed E-state index contributed by atoms with van der Waals surface area (Å²) >= 11 is 7.60. The first-order chi connectivity index (χ1) is 21.2. The minimum absolute atomic E-state index is 0.0825. The topological polar surface area (TPSA) is 157 Å². The molecular formula is C33H35ClN4O5S. The number of primary amides is 1. The van der Waals surface area contributed by atoms with Crippen LogP contribution in [0.3, 0.4) is 0 Å². The van der Waals surface area contributed by atoms with Gasteiger partial charge in [0.2, 0.25) is 11.8 Å². The van der Waals surface area contributed by atoms with Crippen LogP contribution in [0.15, 0.2) is 84.2 Å². The van der Waals surface area contributed by atoms with Crippen molar-refractivity contribution in [1.29, 1.82) is 0 Å². The summed E-state index contributed by atoms with van der Waals surface area (Å²) in [5.74, 6) is -2.07. The highest BCUT2D eigenvalue weighted by Crippen LogP contribution is 2.35. The fraction of sp³-hybridized carbons (Fsp3) is 0.242. The van der Waals surface area contributed by atoms with Crippen molar-refractivity contribution in [2.45, 2.75) is 44.5 Å². The Kier molecular flexibility index (Phi) is 11.5. The number of hydrogen-bond donors (Lipinski definition) is 5. The second-order valence-corrected chi connectivity index (χ2v) is 11.4. The van der Waals surface area contributed by atoms with Crippen molar-refractivity contribution < 1.29 is 24.2 Å². The molecule has 44 heavy (non-hydrogen) atoms. The molecule has 0 bridgehead atoms. The standard InChI is InChI=1S/C33H35ClN4O5S/c1-2-43-24-14-12-20(13-15-24)16-25(26-19-44-30(27(26)34)31(36)40)32(41)38-28(29(39)23-6-4-3-5-7-23)33(42)37-18-22-10-8-21(17-35)9-11-22/h3-15,19,25,28-29,39H,2,16-18,35H2,1H3,(H2,36,40)(H,37,42)(H,38,41)/t25-,28+,29-/m1/s1. The summed E-state index contributed by atoms with van der Waals surface area (Å²) < 4.78 is 5.53. The van der Waals surface area contributed by atoms with Gasteiger partial charge in [0, 0.05) is 13.1 Å². The summed E-state index contributed by atoms with van der Waals surface area (Å²) in [6.45, 7) is 2.97. The smallest absolute Gasteiger partial charge is 0.260 e. The van der Waals surface area contributed by atoms with E-state index in [0.717, 1.165) is 28.0 Å². The van der Waals surface area contributed by atoms with Crippen LogP contribution < -0.4 is 26.8 Å². The highest BCUT2D eigenvalue weighted by atomic mass is 35.5. The number of halogens is 1. The lowest BCUT2D eigenvalue weighted by molar-refractivity contribution is -0.132. The average Bonchev–Trinajstić information content (AvgIpc) is 3.43. The number of thiophene rings is 1. The SMILES string of the molecule is CCOc1ccc(C[C@@H](C(=O)N[C@H](C(=O)NCc2ccc(CN)cc2)[C@H](O)c2ccccc2)c2csc(C(N)=O)c2Cl)cc1. The molecule has 4 aromatic rings. The van der Waals surface area contributed by atoms with Gasteiger partial charge in [0.1, 0.15) is 22.8 Å². The molecule has 7 N–H and O–H groups in total. The summed E-state index contributed by atoms with van der Waals surface area (Å²) in [6, 6.07) is 22.0. The Morgan fingerprint density at radius 1 is 0.932 bits per heavy atom. The van der Waals surface area contributed by atoms with Crippen LogP contribution >= 0.6 is 22.9 Å². The van der Waals surface area contributed by atoms with Crippen molar-refractivity contribution >= 4 is 40.7 Å². The molecule has 0 fully saturated rings. The van der Waals surface area contributed by atoms with Gasteiger partial charge < -0.3 is 31.9 Å². The first-order valence-electron chi connectivity index (χ1n) is 14.1. The lowest BCUT2D eigenvalue weighted by Crippen LogP contribution is -2.51. The first kappa shape index (κ1) is 32.7. The maximum Gasteiger partial charge on any atom is 0.260 e. The molecule has 3 atom stereocenters. The summed E-state index contributed by atoms with van der Waals surface area (Å²) in [7, 11) is 0. The van der Waals surface area contributed by atoms with Gasteiger partial charge in [-0.2, -0.15) is 0 Å². The number of rotatable bonds is 14. The number of hydrogen-bond acceptors (Lipinski definition) is 7. The summed E-state index contributed by atoms with van der Waals surface area (Å²) in [5.41, 5.74) is 14.6. The van der Waals surface area contributed by atoms with Crippen molar-refractivity contribution in [3.63, 3.8) is 0 Å². The van der Waals surface area contributed by atoms with Crippen LogP contribution in [-0.4, -0.2) is 35.5 Å². The molecule has 0 saturated carbocycles. The van der Waals surface area contributed by atoms with Crippen LogP contribution in [0.25, 0.3) is 0 Å². The molecule has 0 saturated heterocycles. The molecule has 230 valence electrons. The number of aliphatic hydroxyl groups is 1. The second-order valence-electron chi connectivity index (χ2n) is 10.1. The van der Waals surface area contributed by atoms with Crippen LogP contribution in [-0.2, 0) is 29.1 Å². The van der Waals surface area contributed by atoms with Crippen molar-refractivity contribution in [2.75, 3.05) is 6.61 Å². The minimum atomic E-state index is -1.36. The van der Waals surface area contributed by atoms with Gasteiger partial charge in [0.05, 0.1) is 17.5 Å². The molecule has 3 amide bonds. The number of nitrogens with one attached hydrogen (secondary N) is 2. The van der Waals surface area contributed by atoms with E-state index in [-0.39, 0.29) is 22.9 Å². The number of aliphatic hydroxyl groups excluding tert-OH is 1. The summed E-state index contributed by atoms with van der Waals surface area (Å²) in [5, 5.41) is 18.6. The third-order valence-electron chi connectivity index (χ3n) is 7.11. The zero-order valence-corrected chi connectivity index (χ0v) is 25.7. The molecule has 3 aromatic carbocycles. The van der Waals surface area contributed by atoms with Crippen LogP contribution in [0.5, 0.6) is 5.75 Å². The van der Waals surface area contributed by atoms with Gasteiger partial charge in [0.15, 0.2) is 0 Å². The van der Waals surface area contributed by atoms with E-state index in [1.54, 1.807) is 47.8 Å². The van der Waals surface area contributed by atoms with Crippen LogP contribution in [0.2, 0.25) is 5.02 Å². The van der Waals surface area contributed by atoms with E-state index < -0.39 is 35.8 Å². The van der Waals surface area contributed by atoms with Crippen LogP contribution in [0, 0.1) is 0 Å². The quantitative estimate of drug-likeness (QED) is 0.140. The Balaban J connectivity index is 1.63. The Morgan fingerprint density at radius 3 is 2.16 bits per heavy atom. The first-order valence-corrected chi connectivity index (χ1v) is 15.3. The van der Waals surface area contributed by atoms with E-state index >= 15 is 0 Å².